The molecular weight excluding hydrogens is 272 g/mol. The van der Waals surface area contributed by atoms with Gasteiger partial charge in [0.25, 0.3) is 5.82 Å². The van der Waals surface area contributed by atoms with Gasteiger partial charge in [-0.1, -0.05) is 31.2 Å². The monoisotopic (exact) mass is 295 g/mol. The van der Waals surface area contributed by atoms with E-state index in [1.807, 2.05) is 6.07 Å². The number of ether oxygens (including phenoxy) is 1. The minimum atomic E-state index is 0.861. The molecule has 3 heteroatoms. The standard InChI is InChI=1S/C19H23N2O/c1-4-12-20-15(2)21(19-11-6-5-10-18(19)20)14-16-8-7-9-17(13-16)22-3/h5-11,13H,4,12,14H2,1-3H3/q+1. The van der Waals surface area contributed by atoms with Gasteiger partial charge in [-0.2, -0.15) is 0 Å². The van der Waals surface area contributed by atoms with Gasteiger partial charge in [0, 0.05) is 6.92 Å². The van der Waals surface area contributed by atoms with E-state index < -0.39 is 0 Å². The molecule has 0 aliphatic rings. The van der Waals surface area contributed by atoms with E-state index in [2.05, 4.69) is 65.4 Å². The highest BCUT2D eigenvalue weighted by Crippen LogP contribution is 2.17. The van der Waals surface area contributed by atoms with Gasteiger partial charge >= 0.3 is 0 Å². The molecule has 3 rings (SSSR count). The van der Waals surface area contributed by atoms with E-state index in [4.69, 9.17) is 4.74 Å². The van der Waals surface area contributed by atoms with Gasteiger partial charge in [0.05, 0.1) is 13.7 Å². The minimum absolute atomic E-state index is 0.861. The molecule has 22 heavy (non-hydrogen) atoms. The summed E-state index contributed by atoms with van der Waals surface area (Å²) in [5, 5.41) is 0. The maximum atomic E-state index is 5.34. The van der Waals surface area contributed by atoms with E-state index in [1.165, 1.54) is 22.4 Å². The first-order chi connectivity index (χ1) is 10.7. The van der Waals surface area contributed by atoms with Gasteiger partial charge in [-0.15, -0.1) is 0 Å². The van der Waals surface area contributed by atoms with Crippen LogP contribution in [0.5, 0.6) is 5.75 Å². The van der Waals surface area contributed by atoms with Crippen LogP contribution in [0.4, 0.5) is 0 Å². The first kappa shape index (κ1) is 14.6. The van der Waals surface area contributed by atoms with Crippen LogP contribution in [-0.4, -0.2) is 11.7 Å². The normalized spacial score (nSPS) is 11.0. The summed E-state index contributed by atoms with van der Waals surface area (Å²) in [4.78, 5) is 0. The molecule has 0 spiro atoms. The maximum absolute atomic E-state index is 5.34. The van der Waals surface area contributed by atoms with Crippen LogP contribution in [0.25, 0.3) is 11.0 Å². The van der Waals surface area contributed by atoms with Gasteiger partial charge in [0.2, 0.25) is 0 Å². The first-order valence-corrected chi connectivity index (χ1v) is 7.85. The van der Waals surface area contributed by atoms with Crippen LogP contribution in [0, 0.1) is 6.92 Å². The number of benzene rings is 2. The Balaban J connectivity index is 2.08. The quantitative estimate of drug-likeness (QED) is 0.656. The number of rotatable bonds is 5. The van der Waals surface area contributed by atoms with Crippen LogP contribution in [-0.2, 0) is 13.1 Å². The Kier molecular flexibility index (Phi) is 4.14. The summed E-state index contributed by atoms with van der Waals surface area (Å²) in [6.45, 7) is 6.34. The van der Waals surface area contributed by atoms with Crippen molar-refractivity contribution < 1.29 is 9.30 Å². The van der Waals surface area contributed by atoms with Crippen molar-refractivity contribution in [2.24, 2.45) is 0 Å². The van der Waals surface area contributed by atoms with Crippen molar-refractivity contribution in [3.8, 4) is 5.75 Å². The van der Waals surface area contributed by atoms with Gasteiger partial charge in [-0.05, 0) is 36.2 Å². The zero-order chi connectivity index (χ0) is 15.5. The fraction of sp³-hybridized carbons (Fsp3) is 0.316. The van der Waals surface area contributed by atoms with Crippen molar-refractivity contribution in [2.75, 3.05) is 7.11 Å². The predicted molar refractivity (Wildman–Crippen MR) is 89.3 cm³/mol. The Morgan fingerprint density at radius 3 is 2.68 bits per heavy atom. The number of imidazole rings is 1. The van der Waals surface area contributed by atoms with E-state index in [9.17, 15) is 0 Å². The molecule has 0 fully saturated rings. The number of methoxy groups -OCH3 is 1. The summed E-state index contributed by atoms with van der Waals surface area (Å²) in [7, 11) is 1.71. The molecule has 0 saturated heterocycles. The van der Waals surface area contributed by atoms with Crippen molar-refractivity contribution >= 4 is 11.0 Å². The highest BCUT2D eigenvalue weighted by molar-refractivity contribution is 5.72. The fourth-order valence-electron chi connectivity index (χ4n) is 3.07. The highest BCUT2D eigenvalue weighted by Gasteiger charge is 2.20. The van der Waals surface area contributed by atoms with Crippen molar-refractivity contribution in [1.29, 1.82) is 0 Å². The summed E-state index contributed by atoms with van der Waals surface area (Å²) in [6, 6.07) is 16.9. The number of nitrogens with zero attached hydrogens (tertiary/aromatic N) is 2. The Bertz CT molecular complexity index is 789. The van der Waals surface area contributed by atoms with E-state index in [0.29, 0.717) is 0 Å². The Hall–Kier alpha value is -2.29. The van der Waals surface area contributed by atoms with Crippen LogP contribution >= 0.6 is 0 Å². The van der Waals surface area contributed by atoms with Crippen molar-refractivity contribution in [1.82, 2.24) is 4.57 Å². The molecule has 0 unspecified atom stereocenters. The second-order valence-electron chi connectivity index (χ2n) is 5.63. The zero-order valence-corrected chi connectivity index (χ0v) is 13.5. The molecule has 1 aromatic heterocycles. The molecular formula is C19H23N2O+. The molecule has 0 bridgehead atoms. The molecule has 0 N–H and O–H groups in total. The molecule has 0 aliphatic heterocycles. The lowest BCUT2D eigenvalue weighted by Crippen LogP contribution is -2.37. The van der Waals surface area contributed by atoms with Crippen LogP contribution in [0.2, 0.25) is 0 Å². The smallest absolute Gasteiger partial charge is 0.254 e. The van der Waals surface area contributed by atoms with Crippen LogP contribution in [0.15, 0.2) is 48.5 Å². The summed E-state index contributed by atoms with van der Waals surface area (Å²) in [6.07, 6.45) is 1.14. The van der Waals surface area contributed by atoms with Crippen molar-refractivity contribution in [3.05, 3.63) is 59.9 Å². The lowest BCUT2D eigenvalue weighted by atomic mass is 10.2. The van der Waals surface area contributed by atoms with E-state index in [-0.39, 0.29) is 0 Å². The number of fused-ring (bicyclic) bond motifs is 1. The second kappa shape index (κ2) is 6.22. The molecule has 0 saturated carbocycles. The number of hydrogen-bond acceptors (Lipinski definition) is 1. The molecule has 0 amide bonds. The predicted octanol–water partition coefficient (Wildman–Crippen LogP) is 3.70. The molecule has 3 aromatic rings. The Morgan fingerprint density at radius 1 is 1.09 bits per heavy atom. The largest absolute Gasteiger partial charge is 0.497 e. The van der Waals surface area contributed by atoms with Crippen molar-refractivity contribution in [3.63, 3.8) is 0 Å². The third-order valence-corrected chi connectivity index (χ3v) is 4.17. The van der Waals surface area contributed by atoms with Gasteiger partial charge in [-0.3, -0.25) is 0 Å². The van der Waals surface area contributed by atoms with E-state index >= 15 is 0 Å². The first-order valence-electron chi connectivity index (χ1n) is 7.85. The molecule has 0 atom stereocenters. The van der Waals surface area contributed by atoms with Gasteiger partial charge in [0.1, 0.15) is 12.3 Å². The van der Waals surface area contributed by atoms with Crippen molar-refractivity contribution in [2.45, 2.75) is 33.4 Å². The molecule has 0 radical (unpaired) electrons. The maximum Gasteiger partial charge on any atom is 0.254 e. The number of para-hydroxylation sites is 2. The molecule has 114 valence electrons. The van der Waals surface area contributed by atoms with Crippen LogP contribution in [0.1, 0.15) is 24.7 Å². The van der Waals surface area contributed by atoms with Gasteiger partial charge < -0.3 is 4.74 Å². The number of hydrogen-bond donors (Lipinski definition) is 0. The van der Waals surface area contributed by atoms with E-state index in [1.54, 1.807) is 7.11 Å². The molecule has 0 aliphatic carbocycles. The summed E-state index contributed by atoms with van der Waals surface area (Å²) >= 11 is 0. The molecule has 1 heterocycles. The minimum Gasteiger partial charge on any atom is -0.497 e. The fourth-order valence-corrected chi connectivity index (χ4v) is 3.07. The summed E-state index contributed by atoms with van der Waals surface area (Å²) < 4.78 is 10.1. The van der Waals surface area contributed by atoms with E-state index in [0.717, 1.165) is 25.3 Å². The average Bonchev–Trinajstić information content (AvgIpc) is 2.81. The summed E-state index contributed by atoms with van der Waals surface area (Å²) in [5.74, 6) is 2.21. The molecule has 2 aromatic carbocycles. The van der Waals surface area contributed by atoms with Gasteiger partial charge in [-0.25, -0.2) is 9.13 Å². The number of aromatic nitrogens is 2. The second-order valence-corrected chi connectivity index (χ2v) is 5.63. The third-order valence-electron chi connectivity index (χ3n) is 4.17. The van der Waals surface area contributed by atoms with Crippen LogP contribution < -0.4 is 9.30 Å². The third kappa shape index (κ3) is 2.59. The number of aryl methyl sites for hydroxylation is 1. The zero-order valence-electron chi connectivity index (χ0n) is 13.5. The lowest BCUT2D eigenvalue weighted by Gasteiger charge is -2.04. The van der Waals surface area contributed by atoms with Gasteiger partial charge in [0.15, 0.2) is 11.0 Å². The average molecular weight is 295 g/mol. The Morgan fingerprint density at radius 2 is 1.91 bits per heavy atom. The van der Waals surface area contributed by atoms with Crippen LogP contribution in [0.3, 0.4) is 0 Å². The SMILES string of the molecule is CCCn1c(C)[n+](Cc2cccc(OC)c2)c2ccccc21. The molecule has 3 nitrogen and oxygen atoms in total. The Labute approximate surface area is 131 Å². The summed E-state index contributed by atoms with van der Waals surface area (Å²) in [5.41, 5.74) is 3.85. The topological polar surface area (TPSA) is 18.0 Å². The highest BCUT2D eigenvalue weighted by atomic mass is 16.5. The lowest BCUT2D eigenvalue weighted by molar-refractivity contribution is -0.669.